The van der Waals surface area contributed by atoms with Gasteiger partial charge in [-0.1, -0.05) is 111 Å². The Morgan fingerprint density at radius 1 is 0.500 bits per heavy atom. The highest BCUT2D eigenvalue weighted by atomic mass is 16.3. The van der Waals surface area contributed by atoms with Crippen molar-refractivity contribution in [3.63, 3.8) is 0 Å². The molecular weight excluding hydrogens is 585 g/mol. The largest absolute Gasteiger partial charge is 0.456 e. The third-order valence-corrected chi connectivity index (χ3v) is 10.4. The molecule has 3 nitrogen and oxygen atoms in total. The molecule has 228 valence electrons. The summed E-state index contributed by atoms with van der Waals surface area (Å²) in [5, 5.41) is 4.74. The third-order valence-electron chi connectivity index (χ3n) is 10.4. The number of para-hydroxylation sites is 3. The summed E-state index contributed by atoms with van der Waals surface area (Å²) in [6, 6.07) is 57.0. The lowest BCUT2D eigenvalue weighted by molar-refractivity contribution is 0.660. The molecule has 0 spiro atoms. The van der Waals surface area contributed by atoms with Gasteiger partial charge < -0.3 is 13.9 Å². The van der Waals surface area contributed by atoms with Crippen LogP contribution in [0.1, 0.15) is 25.0 Å². The quantitative estimate of drug-likeness (QED) is 0.196. The maximum Gasteiger partial charge on any atom is 0.137 e. The molecule has 0 N–H and O–H groups in total. The first-order chi connectivity index (χ1) is 23.6. The topological polar surface area (TPSA) is 21.3 Å². The number of fused-ring (bicyclic) bond motifs is 9. The molecule has 3 heteroatoms. The molecule has 0 radical (unpaired) electrons. The average molecular weight is 617 g/mol. The Hall–Kier alpha value is -6.06. The van der Waals surface area contributed by atoms with Crippen LogP contribution in [-0.4, -0.2) is 4.57 Å². The van der Waals surface area contributed by atoms with Gasteiger partial charge in [0.25, 0.3) is 0 Å². The second kappa shape index (κ2) is 9.97. The molecule has 1 aliphatic carbocycles. The lowest BCUT2D eigenvalue weighted by atomic mass is 9.82. The molecular formula is C45H32N2O. The molecule has 7 aromatic carbocycles. The second-order valence-electron chi connectivity index (χ2n) is 13.4. The molecule has 0 saturated heterocycles. The minimum absolute atomic E-state index is 0.111. The van der Waals surface area contributed by atoms with Crippen LogP contribution in [0.2, 0.25) is 0 Å². The van der Waals surface area contributed by atoms with E-state index in [9.17, 15) is 0 Å². The highest BCUT2D eigenvalue weighted by Crippen LogP contribution is 2.54. The first-order valence-electron chi connectivity index (χ1n) is 16.6. The molecule has 0 amide bonds. The van der Waals surface area contributed by atoms with Crippen LogP contribution in [0.3, 0.4) is 0 Å². The first-order valence-corrected chi connectivity index (χ1v) is 16.6. The van der Waals surface area contributed by atoms with E-state index in [4.69, 9.17) is 4.42 Å². The van der Waals surface area contributed by atoms with Crippen molar-refractivity contribution in [1.29, 1.82) is 0 Å². The van der Waals surface area contributed by atoms with Crippen molar-refractivity contribution in [2.45, 2.75) is 19.3 Å². The Balaban J connectivity index is 1.28. The molecule has 10 rings (SSSR count). The average Bonchev–Trinajstić information content (AvgIpc) is 3.74. The second-order valence-corrected chi connectivity index (χ2v) is 13.4. The fourth-order valence-corrected chi connectivity index (χ4v) is 8.16. The standard InChI is InChI=1S/C45H32N2O/c1-45(2)37-18-9-6-17-36(37)44-38(45)19-12-21-40(44)46(31-24-26-35-34-16-8-11-22-42(34)48-43(35)28-31)30-23-25-33-32-15-7-10-20-39(32)47(41(33)27-30)29-13-4-3-5-14-29/h3-28H,1-2H3. The molecule has 1 aliphatic rings. The molecule has 0 saturated carbocycles. The van der Waals surface area contributed by atoms with E-state index in [1.807, 2.05) is 12.1 Å². The summed E-state index contributed by atoms with van der Waals surface area (Å²) in [6.45, 7) is 4.69. The van der Waals surface area contributed by atoms with Gasteiger partial charge in [-0.25, -0.2) is 0 Å². The number of hydrogen-bond donors (Lipinski definition) is 0. The number of furan rings is 1. The van der Waals surface area contributed by atoms with Gasteiger partial charge in [0.05, 0.1) is 16.7 Å². The van der Waals surface area contributed by atoms with Crippen LogP contribution in [0.15, 0.2) is 162 Å². The van der Waals surface area contributed by atoms with Crippen molar-refractivity contribution < 1.29 is 4.42 Å². The predicted octanol–water partition coefficient (Wildman–Crippen LogP) is 12.5. The van der Waals surface area contributed by atoms with Gasteiger partial charge in [0.1, 0.15) is 11.2 Å². The highest BCUT2D eigenvalue weighted by Gasteiger charge is 2.37. The molecule has 0 bridgehead atoms. The normalized spacial score (nSPS) is 13.4. The molecule has 0 unspecified atom stereocenters. The van der Waals surface area contributed by atoms with Crippen LogP contribution in [0.5, 0.6) is 0 Å². The minimum atomic E-state index is -0.111. The van der Waals surface area contributed by atoms with Crippen LogP contribution in [0.4, 0.5) is 17.1 Å². The maximum atomic E-state index is 6.45. The minimum Gasteiger partial charge on any atom is -0.456 e. The summed E-state index contributed by atoms with van der Waals surface area (Å²) in [7, 11) is 0. The van der Waals surface area contributed by atoms with Gasteiger partial charge in [-0.3, -0.25) is 0 Å². The van der Waals surface area contributed by atoms with Crippen LogP contribution in [0, 0.1) is 0 Å². The van der Waals surface area contributed by atoms with Gasteiger partial charge in [-0.15, -0.1) is 0 Å². The number of rotatable bonds is 4. The number of aromatic nitrogens is 1. The fraction of sp³-hybridized carbons (Fsp3) is 0.0667. The first kappa shape index (κ1) is 27.1. The van der Waals surface area contributed by atoms with Crippen LogP contribution >= 0.6 is 0 Å². The van der Waals surface area contributed by atoms with E-state index in [2.05, 4.69) is 169 Å². The summed E-state index contributed by atoms with van der Waals surface area (Å²) < 4.78 is 8.84. The Morgan fingerprint density at radius 2 is 1.15 bits per heavy atom. The zero-order valence-electron chi connectivity index (χ0n) is 26.8. The van der Waals surface area contributed by atoms with E-state index in [0.29, 0.717) is 0 Å². The molecule has 0 aliphatic heterocycles. The lowest BCUT2D eigenvalue weighted by Crippen LogP contribution is -2.16. The van der Waals surface area contributed by atoms with Gasteiger partial charge in [0.15, 0.2) is 0 Å². The van der Waals surface area contributed by atoms with Crippen LogP contribution < -0.4 is 4.90 Å². The Kier molecular flexibility index (Phi) is 5.63. The number of benzene rings is 7. The van der Waals surface area contributed by atoms with E-state index < -0.39 is 0 Å². The van der Waals surface area contributed by atoms with Crippen molar-refractivity contribution in [3.05, 3.63) is 169 Å². The summed E-state index contributed by atoms with van der Waals surface area (Å²) in [5.41, 5.74) is 13.8. The summed E-state index contributed by atoms with van der Waals surface area (Å²) in [4.78, 5) is 2.43. The van der Waals surface area contributed by atoms with Crippen molar-refractivity contribution in [1.82, 2.24) is 4.57 Å². The predicted molar refractivity (Wildman–Crippen MR) is 200 cm³/mol. The highest BCUT2D eigenvalue weighted by molar-refractivity contribution is 6.11. The summed E-state index contributed by atoms with van der Waals surface area (Å²) in [5.74, 6) is 0. The lowest BCUT2D eigenvalue weighted by Gasteiger charge is -2.29. The smallest absolute Gasteiger partial charge is 0.137 e. The van der Waals surface area contributed by atoms with Gasteiger partial charge in [0.2, 0.25) is 0 Å². The third kappa shape index (κ3) is 3.76. The fourth-order valence-electron chi connectivity index (χ4n) is 8.16. The zero-order chi connectivity index (χ0) is 32.0. The van der Waals surface area contributed by atoms with E-state index in [1.54, 1.807) is 0 Å². The van der Waals surface area contributed by atoms with E-state index >= 15 is 0 Å². The van der Waals surface area contributed by atoms with Gasteiger partial charge >= 0.3 is 0 Å². The Bertz CT molecular complexity index is 2710. The van der Waals surface area contributed by atoms with Crippen LogP contribution in [0.25, 0.3) is 60.6 Å². The monoisotopic (exact) mass is 616 g/mol. The van der Waals surface area contributed by atoms with Crippen molar-refractivity contribution in [2.24, 2.45) is 0 Å². The molecule has 2 heterocycles. The number of anilines is 3. The van der Waals surface area contributed by atoms with Crippen molar-refractivity contribution >= 4 is 60.8 Å². The maximum absolute atomic E-state index is 6.45. The Labute approximate surface area is 278 Å². The van der Waals surface area contributed by atoms with Gasteiger partial charge in [-0.05, 0) is 71.3 Å². The molecule has 0 atom stereocenters. The molecule has 2 aromatic heterocycles. The zero-order valence-corrected chi connectivity index (χ0v) is 26.8. The van der Waals surface area contributed by atoms with E-state index in [0.717, 1.165) is 44.7 Å². The van der Waals surface area contributed by atoms with Crippen molar-refractivity contribution in [3.8, 4) is 16.8 Å². The van der Waals surface area contributed by atoms with Crippen LogP contribution in [-0.2, 0) is 5.41 Å². The number of nitrogens with zero attached hydrogens (tertiary/aromatic N) is 2. The summed E-state index contributed by atoms with van der Waals surface area (Å²) in [6.07, 6.45) is 0. The molecule has 9 aromatic rings. The molecule has 48 heavy (non-hydrogen) atoms. The van der Waals surface area contributed by atoms with E-state index in [1.165, 1.54) is 44.1 Å². The SMILES string of the molecule is CC1(C)c2ccccc2-c2c(N(c3ccc4c(c3)oc3ccccc34)c3ccc4c5ccccc5n(-c5ccccc5)c4c3)cccc21. The van der Waals surface area contributed by atoms with E-state index in [-0.39, 0.29) is 5.41 Å². The Morgan fingerprint density at radius 3 is 2.02 bits per heavy atom. The van der Waals surface area contributed by atoms with Gasteiger partial charge in [0, 0.05) is 55.7 Å². The summed E-state index contributed by atoms with van der Waals surface area (Å²) >= 11 is 0. The van der Waals surface area contributed by atoms with Gasteiger partial charge in [-0.2, -0.15) is 0 Å². The molecule has 0 fully saturated rings. The van der Waals surface area contributed by atoms with Crippen molar-refractivity contribution in [2.75, 3.05) is 4.90 Å². The number of hydrogen-bond acceptors (Lipinski definition) is 2.